The Kier molecular flexibility index (Phi) is 1.65. The molecule has 1 fully saturated rings. The first-order chi connectivity index (χ1) is 4.25. The molecular formula is C7H13NO. The molecule has 1 aliphatic heterocycles. The molecule has 2 nitrogen and oxygen atoms in total. The van der Waals surface area contributed by atoms with Crippen molar-refractivity contribution in [1.82, 2.24) is 4.90 Å². The van der Waals surface area contributed by atoms with E-state index >= 15 is 0 Å². The van der Waals surface area contributed by atoms with Gasteiger partial charge in [-0.05, 0) is 19.4 Å². The molecular weight excluding hydrogens is 114 g/mol. The molecule has 0 bridgehead atoms. The molecule has 0 radical (unpaired) electrons. The lowest BCUT2D eigenvalue weighted by molar-refractivity contribution is 0.0686. The van der Waals surface area contributed by atoms with Crippen LogP contribution in [0.25, 0.3) is 0 Å². The van der Waals surface area contributed by atoms with Crippen LogP contribution in [0.15, 0.2) is 12.5 Å². The summed E-state index contributed by atoms with van der Waals surface area (Å²) in [6.07, 6.45) is 2.32. The molecule has 1 N–H and O–H groups in total. The van der Waals surface area contributed by atoms with Gasteiger partial charge in [-0.1, -0.05) is 6.92 Å². The smallest absolute Gasteiger partial charge is 0.179 e. The minimum atomic E-state index is 0.230. The maximum atomic E-state index is 8.91. The highest BCUT2D eigenvalue weighted by Gasteiger charge is 2.26. The van der Waals surface area contributed by atoms with E-state index in [2.05, 4.69) is 13.5 Å². The van der Waals surface area contributed by atoms with Crippen molar-refractivity contribution in [2.24, 2.45) is 0 Å². The Balaban J connectivity index is 2.35. The molecule has 0 aromatic heterocycles. The fourth-order valence-electron chi connectivity index (χ4n) is 1.21. The second kappa shape index (κ2) is 2.29. The molecule has 0 spiro atoms. The van der Waals surface area contributed by atoms with Gasteiger partial charge in [0.1, 0.15) is 0 Å². The number of rotatable bonds is 2. The molecule has 1 atom stereocenters. The van der Waals surface area contributed by atoms with Crippen LogP contribution in [0.1, 0.15) is 19.8 Å². The minimum Gasteiger partial charge on any atom is -0.495 e. The Bertz CT molecular complexity index is 120. The van der Waals surface area contributed by atoms with Crippen LogP contribution in [0.2, 0.25) is 0 Å². The van der Waals surface area contributed by atoms with Crippen LogP contribution in [0.3, 0.4) is 0 Å². The zero-order valence-corrected chi connectivity index (χ0v) is 5.80. The summed E-state index contributed by atoms with van der Waals surface area (Å²) in [7, 11) is 0. The summed E-state index contributed by atoms with van der Waals surface area (Å²) in [5, 5.41) is 8.91. The van der Waals surface area contributed by atoms with Crippen molar-refractivity contribution in [3.63, 3.8) is 0 Å². The van der Waals surface area contributed by atoms with E-state index in [-0.39, 0.29) is 5.88 Å². The average molecular weight is 127 g/mol. The third kappa shape index (κ3) is 1.02. The van der Waals surface area contributed by atoms with Gasteiger partial charge < -0.3 is 10.0 Å². The van der Waals surface area contributed by atoms with E-state index < -0.39 is 0 Å². The van der Waals surface area contributed by atoms with E-state index in [9.17, 15) is 0 Å². The van der Waals surface area contributed by atoms with E-state index in [0.29, 0.717) is 6.04 Å². The molecule has 9 heavy (non-hydrogen) atoms. The van der Waals surface area contributed by atoms with Crippen molar-refractivity contribution < 1.29 is 5.11 Å². The third-order valence-corrected chi connectivity index (χ3v) is 1.95. The summed E-state index contributed by atoms with van der Waals surface area (Å²) in [5.74, 6) is 0.230. The van der Waals surface area contributed by atoms with E-state index in [1.54, 1.807) is 0 Å². The van der Waals surface area contributed by atoms with Crippen LogP contribution in [0, 0.1) is 0 Å². The lowest BCUT2D eigenvalue weighted by atomic mass is 10.0. The van der Waals surface area contributed by atoms with Crippen molar-refractivity contribution in [3.8, 4) is 0 Å². The molecule has 52 valence electrons. The number of likely N-dealkylation sites (tertiary alicyclic amines) is 1. The van der Waals surface area contributed by atoms with Gasteiger partial charge in [0, 0.05) is 12.6 Å². The van der Waals surface area contributed by atoms with Gasteiger partial charge in [0.15, 0.2) is 5.88 Å². The van der Waals surface area contributed by atoms with Crippen molar-refractivity contribution in [3.05, 3.63) is 12.5 Å². The van der Waals surface area contributed by atoms with Crippen LogP contribution in [0.5, 0.6) is 0 Å². The van der Waals surface area contributed by atoms with Gasteiger partial charge in [-0.15, -0.1) is 0 Å². The summed E-state index contributed by atoms with van der Waals surface area (Å²) in [4.78, 5) is 1.93. The van der Waals surface area contributed by atoms with Gasteiger partial charge in [-0.2, -0.15) is 0 Å². The second-order valence-corrected chi connectivity index (χ2v) is 2.46. The minimum absolute atomic E-state index is 0.230. The monoisotopic (exact) mass is 127 g/mol. The first-order valence-corrected chi connectivity index (χ1v) is 3.40. The highest BCUT2D eigenvalue weighted by molar-refractivity contribution is 4.93. The Morgan fingerprint density at radius 1 is 1.89 bits per heavy atom. The SMILES string of the molecule is C=C(O)N1CCC1CC. The van der Waals surface area contributed by atoms with Gasteiger partial charge in [-0.25, -0.2) is 0 Å². The zero-order valence-electron chi connectivity index (χ0n) is 5.80. The van der Waals surface area contributed by atoms with Gasteiger partial charge >= 0.3 is 0 Å². The number of aliphatic hydroxyl groups excluding tert-OH is 1. The van der Waals surface area contributed by atoms with Crippen LogP contribution in [-0.4, -0.2) is 22.6 Å². The molecule has 2 heteroatoms. The quantitative estimate of drug-likeness (QED) is 0.568. The molecule has 0 aromatic carbocycles. The molecule has 0 aliphatic carbocycles. The Morgan fingerprint density at radius 2 is 2.56 bits per heavy atom. The lowest BCUT2D eigenvalue weighted by Gasteiger charge is -2.40. The lowest BCUT2D eigenvalue weighted by Crippen LogP contribution is -2.45. The number of hydrogen-bond acceptors (Lipinski definition) is 2. The fraction of sp³-hybridized carbons (Fsp3) is 0.714. The molecule has 1 saturated heterocycles. The van der Waals surface area contributed by atoms with E-state index in [0.717, 1.165) is 13.0 Å². The Hall–Kier alpha value is -0.660. The molecule has 1 unspecified atom stereocenters. The largest absolute Gasteiger partial charge is 0.495 e. The van der Waals surface area contributed by atoms with Crippen LogP contribution < -0.4 is 0 Å². The summed E-state index contributed by atoms with van der Waals surface area (Å²) < 4.78 is 0. The van der Waals surface area contributed by atoms with Gasteiger partial charge in [0.05, 0.1) is 0 Å². The van der Waals surface area contributed by atoms with Crippen molar-refractivity contribution in [2.45, 2.75) is 25.8 Å². The van der Waals surface area contributed by atoms with Gasteiger partial charge in [0.25, 0.3) is 0 Å². The summed E-state index contributed by atoms with van der Waals surface area (Å²) >= 11 is 0. The molecule has 0 aromatic rings. The topological polar surface area (TPSA) is 23.5 Å². The summed E-state index contributed by atoms with van der Waals surface area (Å²) in [6, 6.07) is 0.558. The Labute approximate surface area is 55.8 Å². The van der Waals surface area contributed by atoms with Crippen molar-refractivity contribution >= 4 is 0 Å². The zero-order chi connectivity index (χ0) is 6.85. The summed E-state index contributed by atoms with van der Waals surface area (Å²) in [5.41, 5.74) is 0. The van der Waals surface area contributed by atoms with Crippen molar-refractivity contribution in [2.75, 3.05) is 6.54 Å². The average Bonchev–Trinajstić information content (AvgIpc) is 1.61. The van der Waals surface area contributed by atoms with E-state index in [1.807, 2.05) is 4.90 Å². The number of hydrogen-bond donors (Lipinski definition) is 1. The predicted molar refractivity (Wildman–Crippen MR) is 37.2 cm³/mol. The van der Waals surface area contributed by atoms with Crippen molar-refractivity contribution in [1.29, 1.82) is 0 Å². The maximum absolute atomic E-state index is 8.91. The van der Waals surface area contributed by atoms with Gasteiger partial charge in [-0.3, -0.25) is 0 Å². The second-order valence-electron chi connectivity index (χ2n) is 2.46. The normalized spacial score (nSPS) is 25.4. The highest BCUT2D eigenvalue weighted by atomic mass is 16.3. The van der Waals surface area contributed by atoms with Gasteiger partial charge in [0.2, 0.25) is 0 Å². The molecule has 0 amide bonds. The van der Waals surface area contributed by atoms with Crippen LogP contribution in [-0.2, 0) is 0 Å². The van der Waals surface area contributed by atoms with E-state index in [1.165, 1.54) is 6.42 Å². The summed E-state index contributed by atoms with van der Waals surface area (Å²) in [6.45, 7) is 6.56. The number of aliphatic hydroxyl groups is 1. The maximum Gasteiger partial charge on any atom is 0.179 e. The fourth-order valence-corrected chi connectivity index (χ4v) is 1.21. The molecule has 1 aliphatic rings. The van der Waals surface area contributed by atoms with Crippen LogP contribution in [0.4, 0.5) is 0 Å². The standard InChI is InChI=1S/C7H13NO/c1-3-7-4-5-8(7)6(2)9/h7,9H,2-5H2,1H3. The predicted octanol–water partition coefficient (Wildman–Crippen LogP) is 1.50. The third-order valence-electron chi connectivity index (χ3n) is 1.95. The number of nitrogens with zero attached hydrogens (tertiary/aromatic N) is 1. The molecule has 1 rings (SSSR count). The molecule has 1 heterocycles. The first kappa shape index (κ1) is 6.46. The first-order valence-electron chi connectivity index (χ1n) is 3.40. The molecule has 0 saturated carbocycles. The van der Waals surface area contributed by atoms with E-state index in [4.69, 9.17) is 5.11 Å². The highest BCUT2D eigenvalue weighted by Crippen LogP contribution is 2.22. The van der Waals surface area contributed by atoms with Crippen LogP contribution >= 0.6 is 0 Å². The Morgan fingerprint density at radius 3 is 2.67 bits per heavy atom.